The van der Waals surface area contributed by atoms with Gasteiger partial charge in [-0.3, -0.25) is 4.79 Å². The molecule has 2 atom stereocenters. The van der Waals surface area contributed by atoms with Crippen molar-refractivity contribution in [3.05, 3.63) is 29.8 Å². The van der Waals surface area contributed by atoms with Crippen LogP contribution in [0, 0.1) is 5.92 Å². The van der Waals surface area contributed by atoms with E-state index in [1.807, 2.05) is 0 Å². The van der Waals surface area contributed by atoms with Crippen LogP contribution in [0.1, 0.15) is 31.2 Å². The van der Waals surface area contributed by atoms with Crippen molar-refractivity contribution in [3.63, 3.8) is 0 Å². The van der Waals surface area contributed by atoms with E-state index >= 15 is 0 Å². The molecule has 3 rings (SSSR count). The molecule has 1 aromatic rings. The number of rotatable bonds is 5. The number of halogens is 2. The normalized spacial score (nSPS) is 28.1. The molecule has 22 heavy (non-hydrogen) atoms. The summed E-state index contributed by atoms with van der Waals surface area (Å²) in [5.41, 5.74) is 0.555. The smallest absolute Gasteiger partial charge is 0.387 e. The van der Waals surface area contributed by atoms with Crippen molar-refractivity contribution in [3.8, 4) is 5.75 Å². The number of carbonyl (C=O) groups excluding carboxylic acids is 1. The Morgan fingerprint density at radius 3 is 2.55 bits per heavy atom. The van der Waals surface area contributed by atoms with Crippen molar-refractivity contribution >= 4 is 5.78 Å². The molecule has 0 aromatic heterocycles. The summed E-state index contributed by atoms with van der Waals surface area (Å²) in [5, 5.41) is 0. The first-order valence-electron chi connectivity index (χ1n) is 7.82. The zero-order valence-corrected chi connectivity index (χ0v) is 12.7. The summed E-state index contributed by atoms with van der Waals surface area (Å²) >= 11 is 0. The number of fused-ring (bicyclic) bond motifs is 2. The van der Waals surface area contributed by atoms with E-state index in [-0.39, 0.29) is 23.9 Å². The highest BCUT2D eigenvalue weighted by Gasteiger charge is 2.40. The van der Waals surface area contributed by atoms with Crippen molar-refractivity contribution in [1.82, 2.24) is 4.90 Å². The van der Waals surface area contributed by atoms with Crippen LogP contribution in [0.5, 0.6) is 5.75 Å². The second-order valence-electron chi connectivity index (χ2n) is 6.35. The molecule has 0 aliphatic carbocycles. The largest absolute Gasteiger partial charge is 0.435 e. The molecule has 2 fully saturated rings. The van der Waals surface area contributed by atoms with Crippen molar-refractivity contribution in [1.29, 1.82) is 0 Å². The number of Topliss-reactive ketones (excluding diaryl/α,β-unsaturated/α-hetero) is 1. The van der Waals surface area contributed by atoms with Crippen LogP contribution in [0.15, 0.2) is 24.3 Å². The highest BCUT2D eigenvalue weighted by Crippen LogP contribution is 2.38. The fourth-order valence-corrected chi connectivity index (χ4v) is 3.87. The summed E-state index contributed by atoms with van der Waals surface area (Å²) in [6.45, 7) is -2.87. The number of nitrogens with zero attached hydrogens (tertiary/aromatic N) is 1. The van der Waals surface area contributed by atoms with Gasteiger partial charge in [0.05, 0.1) is 0 Å². The minimum atomic E-state index is -2.87. The fourth-order valence-electron chi connectivity index (χ4n) is 3.87. The Bertz CT molecular complexity index is 535. The van der Waals surface area contributed by atoms with Gasteiger partial charge in [0, 0.05) is 30.0 Å². The highest BCUT2D eigenvalue weighted by molar-refractivity contribution is 5.84. The molecular weight excluding hydrogens is 288 g/mol. The van der Waals surface area contributed by atoms with E-state index < -0.39 is 6.61 Å². The summed E-state index contributed by atoms with van der Waals surface area (Å²) in [6, 6.07) is 7.58. The fraction of sp³-hybridized carbons (Fsp3) is 0.588. The summed E-state index contributed by atoms with van der Waals surface area (Å²) in [5.74, 6) is 0.311. The lowest BCUT2D eigenvalue weighted by Gasteiger charge is -2.35. The lowest BCUT2D eigenvalue weighted by Crippen LogP contribution is -2.42. The van der Waals surface area contributed by atoms with Crippen molar-refractivity contribution in [2.75, 3.05) is 7.05 Å². The summed E-state index contributed by atoms with van der Waals surface area (Å²) in [4.78, 5) is 15.0. The molecule has 2 heterocycles. The quantitative estimate of drug-likeness (QED) is 0.836. The third-order valence-corrected chi connectivity index (χ3v) is 5.11. The Balaban J connectivity index is 1.67. The third kappa shape index (κ3) is 3.14. The van der Waals surface area contributed by atoms with Gasteiger partial charge in [-0.15, -0.1) is 0 Å². The molecular formula is C17H21F2NO2. The molecule has 3 nitrogen and oxygen atoms in total. The Labute approximate surface area is 129 Å². The van der Waals surface area contributed by atoms with Gasteiger partial charge < -0.3 is 9.64 Å². The second kappa shape index (κ2) is 6.32. The molecule has 120 valence electrons. The Morgan fingerprint density at radius 1 is 1.27 bits per heavy atom. The van der Waals surface area contributed by atoms with E-state index in [0.717, 1.165) is 25.7 Å². The predicted molar refractivity (Wildman–Crippen MR) is 79.1 cm³/mol. The second-order valence-corrected chi connectivity index (χ2v) is 6.35. The number of para-hydroxylation sites is 1. The number of ether oxygens (including phenoxy) is 1. The third-order valence-electron chi connectivity index (χ3n) is 5.11. The number of ketones is 1. The maximum atomic E-state index is 12.6. The molecule has 0 spiro atoms. The molecule has 2 unspecified atom stereocenters. The van der Waals surface area contributed by atoms with Crippen molar-refractivity contribution in [2.45, 2.75) is 50.8 Å². The van der Waals surface area contributed by atoms with Gasteiger partial charge in [0.1, 0.15) is 11.5 Å². The first kappa shape index (κ1) is 15.4. The van der Waals surface area contributed by atoms with Crippen LogP contribution in [0.3, 0.4) is 0 Å². The van der Waals surface area contributed by atoms with E-state index in [9.17, 15) is 13.6 Å². The van der Waals surface area contributed by atoms with E-state index in [0.29, 0.717) is 17.6 Å². The number of piperidine rings is 1. The zero-order chi connectivity index (χ0) is 15.7. The average molecular weight is 309 g/mol. The standard InChI is InChI=1S/C17H21F2NO2/c1-20-13-6-7-14(20)9-12(8-13)15(21)10-11-4-2-3-5-16(11)22-17(18)19/h2-5,12-14,17H,6-10H2,1H3. The van der Waals surface area contributed by atoms with Gasteiger partial charge in [-0.25, -0.2) is 0 Å². The lowest BCUT2D eigenvalue weighted by atomic mass is 9.85. The molecule has 0 amide bonds. The molecule has 2 bridgehead atoms. The van der Waals surface area contributed by atoms with Crippen LogP contribution in [-0.2, 0) is 11.2 Å². The van der Waals surface area contributed by atoms with Gasteiger partial charge >= 0.3 is 6.61 Å². The van der Waals surface area contributed by atoms with Crippen LogP contribution in [-0.4, -0.2) is 36.4 Å². The number of alkyl halides is 2. The number of carbonyl (C=O) groups is 1. The monoisotopic (exact) mass is 309 g/mol. The van der Waals surface area contributed by atoms with Crippen LogP contribution in [0.4, 0.5) is 8.78 Å². The first-order chi connectivity index (χ1) is 10.5. The molecule has 2 aliphatic heterocycles. The molecule has 0 N–H and O–H groups in total. The number of hydrogen-bond donors (Lipinski definition) is 0. The van der Waals surface area contributed by atoms with Gasteiger partial charge in [-0.1, -0.05) is 18.2 Å². The first-order valence-corrected chi connectivity index (χ1v) is 7.82. The van der Waals surface area contributed by atoms with Crippen LogP contribution >= 0.6 is 0 Å². The lowest BCUT2D eigenvalue weighted by molar-refractivity contribution is -0.124. The molecule has 1 aromatic carbocycles. The maximum absolute atomic E-state index is 12.6. The molecule has 2 aliphatic rings. The van der Waals surface area contributed by atoms with E-state index in [1.165, 1.54) is 6.07 Å². The van der Waals surface area contributed by atoms with Gasteiger partial charge in [0.15, 0.2) is 0 Å². The number of benzene rings is 1. The van der Waals surface area contributed by atoms with Gasteiger partial charge in [-0.2, -0.15) is 8.78 Å². The molecule has 0 radical (unpaired) electrons. The van der Waals surface area contributed by atoms with Crippen LogP contribution in [0.25, 0.3) is 0 Å². The SMILES string of the molecule is CN1C2CCC1CC(C(=O)Cc1ccccc1OC(F)F)C2. The molecule has 2 saturated heterocycles. The van der Waals surface area contributed by atoms with Crippen LogP contribution in [0.2, 0.25) is 0 Å². The summed E-state index contributed by atoms with van der Waals surface area (Å²) in [7, 11) is 2.13. The van der Waals surface area contributed by atoms with Gasteiger partial charge in [0.25, 0.3) is 0 Å². The van der Waals surface area contributed by atoms with Crippen molar-refractivity contribution in [2.24, 2.45) is 5.92 Å². The van der Waals surface area contributed by atoms with Gasteiger partial charge in [0.2, 0.25) is 0 Å². The average Bonchev–Trinajstić information content (AvgIpc) is 2.71. The minimum Gasteiger partial charge on any atom is -0.435 e. The van der Waals surface area contributed by atoms with Gasteiger partial charge in [-0.05, 0) is 38.8 Å². The van der Waals surface area contributed by atoms with Crippen LogP contribution < -0.4 is 4.74 Å². The highest BCUT2D eigenvalue weighted by atomic mass is 19.3. The Kier molecular flexibility index (Phi) is 4.43. The van der Waals surface area contributed by atoms with E-state index in [2.05, 4.69) is 16.7 Å². The summed E-state index contributed by atoms with van der Waals surface area (Å²) in [6.07, 6.45) is 4.29. The number of hydrogen-bond acceptors (Lipinski definition) is 3. The van der Waals surface area contributed by atoms with Crippen molar-refractivity contribution < 1.29 is 18.3 Å². The van der Waals surface area contributed by atoms with E-state index in [4.69, 9.17) is 0 Å². The molecule has 5 heteroatoms. The minimum absolute atomic E-state index is 0.0494. The predicted octanol–water partition coefficient (Wildman–Crippen LogP) is 3.27. The maximum Gasteiger partial charge on any atom is 0.387 e. The Hall–Kier alpha value is -1.49. The topological polar surface area (TPSA) is 29.5 Å². The summed E-state index contributed by atoms with van der Waals surface area (Å²) < 4.78 is 29.4. The Morgan fingerprint density at radius 2 is 1.91 bits per heavy atom. The zero-order valence-electron chi connectivity index (χ0n) is 12.7. The molecule has 0 saturated carbocycles. The van der Waals surface area contributed by atoms with E-state index in [1.54, 1.807) is 18.2 Å².